The number of carbonyl (C=O) groups excluding carboxylic acids is 1. The van der Waals surface area contributed by atoms with Crippen molar-refractivity contribution in [1.29, 1.82) is 0 Å². The van der Waals surface area contributed by atoms with Crippen molar-refractivity contribution in [3.05, 3.63) is 36.4 Å². The summed E-state index contributed by atoms with van der Waals surface area (Å²) in [5, 5.41) is 13.5. The van der Waals surface area contributed by atoms with Crippen LogP contribution in [0.2, 0.25) is 0 Å². The van der Waals surface area contributed by atoms with Crippen molar-refractivity contribution < 1.29 is 22.7 Å². The minimum atomic E-state index is -2.96. The van der Waals surface area contributed by atoms with Gasteiger partial charge in [0, 0.05) is 6.04 Å². The first kappa shape index (κ1) is 18.9. The van der Waals surface area contributed by atoms with Gasteiger partial charge in [0.1, 0.15) is 5.82 Å². The lowest BCUT2D eigenvalue weighted by atomic mass is 10.2. The molecule has 2 heterocycles. The number of hydrogen-bond donors (Lipinski definition) is 2. The summed E-state index contributed by atoms with van der Waals surface area (Å²) < 4.78 is 33.5. The first-order valence-electron chi connectivity index (χ1n) is 8.31. The van der Waals surface area contributed by atoms with Crippen LogP contribution in [0, 0.1) is 0 Å². The zero-order valence-corrected chi connectivity index (χ0v) is 15.5. The van der Waals surface area contributed by atoms with E-state index in [0.717, 1.165) is 0 Å². The third-order valence-electron chi connectivity index (χ3n) is 3.94. The second-order valence-electron chi connectivity index (χ2n) is 6.04. The molecule has 0 bridgehead atoms. The summed E-state index contributed by atoms with van der Waals surface area (Å²) in [6, 6.07) is 10.1. The molecule has 1 aromatic carbocycles. The number of nitrogens with zero attached hydrogens (tertiary/aromatic N) is 2. The molecule has 2 N–H and O–H groups in total. The van der Waals surface area contributed by atoms with Gasteiger partial charge in [0.2, 0.25) is 0 Å². The Kier molecular flexibility index (Phi) is 5.75. The van der Waals surface area contributed by atoms with E-state index < -0.39 is 15.7 Å². The SMILES string of the molecule is COc1ccccc1OCC(=O)Nc1ccc(NC2CCS(=O)(=O)C2)nn1. The number of methoxy groups -OCH3 is 1. The van der Waals surface area contributed by atoms with Gasteiger partial charge in [-0.15, -0.1) is 10.2 Å². The summed E-state index contributed by atoms with van der Waals surface area (Å²) in [6.07, 6.45) is 0.544. The molecule has 144 valence electrons. The molecule has 1 aliphatic rings. The van der Waals surface area contributed by atoms with E-state index in [4.69, 9.17) is 9.47 Å². The lowest BCUT2D eigenvalue weighted by Crippen LogP contribution is -2.23. The summed E-state index contributed by atoms with van der Waals surface area (Å²) in [7, 11) is -1.44. The predicted octanol–water partition coefficient (Wildman–Crippen LogP) is 1.10. The van der Waals surface area contributed by atoms with Crippen LogP contribution >= 0.6 is 0 Å². The summed E-state index contributed by atoms with van der Waals surface area (Å²) in [6.45, 7) is -0.206. The summed E-state index contributed by atoms with van der Waals surface area (Å²) in [5.74, 6) is 1.61. The Morgan fingerprint density at radius 2 is 1.85 bits per heavy atom. The van der Waals surface area contributed by atoms with Crippen molar-refractivity contribution >= 4 is 27.4 Å². The normalized spacial score (nSPS) is 17.9. The van der Waals surface area contributed by atoms with E-state index in [1.165, 1.54) is 7.11 Å². The number of aromatic nitrogens is 2. The standard InChI is InChI=1S/C17H20N4O5S/c1-25-13-4-2-3-5-14(13)26-10-17(22)19-16-7-6-15(20-21-16)18-12-8-9-27(23,24)11-12/h2-7,12H,8-11H2,1H3,(H,18,20)(H,19,21,22). The molecular formula is C17H20N4O5S. The Hall–Kier alpha value is -2.88. The van der Waals surface area contributed by atoms with Gasteiger partial charge < -0.3 is 20.1 Å². The number of ether oxygens (including phenoxy) is 2. The van der Waals surface area contributed by atoms with E-state index in [-0.39, 0.29) is 30.0 Å². The molecule has 10 heteroatoms. The maximum Gasteiger partial charge on any atom is 0.263 e. The highest BCUT2D eigenvalue weighted by Crippen LogP contribution is 2.25. The minimum absolute atomic E-state index is 0.0907. The van der Waals surface area contributed by atoms with Crippen molar-refractivity contribution in [2.45, 2.75) is 12.5 Å². The fourth-order valence-corrected chi connectivity index (χ4v) is 4.33. The number of rotatable bonds is 7. The first-order chi connectivity index (χ1) is 12.9. The molecule has 27 heavy (non-hydrogen) atoms. The molecule has 0 spiro atoms. The number of anilines is 2. The minimum Gasteiger partial charge on any atom is -0.493 e. The van der Waals surface area contributed by atoms with Crippen LogP contribution < -0.4 is 20.1 Å². The molecule has 0 aliphatic carbocycles. The highest BCUT2D eigenvalue weighted by atomic mass is 32.2. The molecule has 9 nitrogen and oxygen atoms in total. The highest BCUT2D eigenvalue weighted by molar-refractivity contribution is 7.91. The third kappa shape index (κ3) is 5.30. The Morgan fingerprint density at radius 3 is 2.48 bits per heavy atom. The van der Waals surface area contributed by atoms with Gasteiger partial charge in [0.05, 0.1) is 18.6 Å². The van der Waals surface area contributed by atoms with Crippen molar-refractivity contribution in [1.82, 2.24) is 10.2 Å². The fraction of sp³-hybridized carbons (Fsp3) is 0.353. The topological polar surface area (TPSA) is 120 Å². The number of hydrogen-bond acceptors (Lipinski definition) is 8. The quantitative estimate of drug-likeness (QED) is 0.719. The second-order valence-corrected chi connectivity index (χ2v) is 8.26. The number of sulfone groups is 1. The van der Waals surface area contributed by atoms with Crippen LogP contribution in [-0.2, 0) is 14.6 Å². The van der Waals surface area contributed by atoms with E-state index in [1.54, 1.807) is 36.4 Å². The van der Waals surface area contributed by atoms with Gasteiger partial charge in [-0.2, -0.15) is 0 Å². The van der Waals surface area contributed by atoms with Crippen LogP contribution in [0.1, 0.15) is 6.42 Å². The lowest BCUT2D eigenvalue weighted by Gasteiger charge is -2.12. The monoisotopic (exact) mass is 392 g/mol. The number of benzene rings is 1. The number of para-hydroxylation sites is 2. The summed E-state index contributed by atoms with van der Waals surface area (Å²) in [4.78, 5) is 12.0. The molecule has 1 aromatic heterocycles. The largest absolute Gasteiger partial charge is 0.493 e. The third-order valence-corrected chi connectivity index (χ3v) is 5.71. The second kappa shape index (κ2) is 8.21. The van der Waals surface area contributed by atoms with Crippen molar-refractivity contribution in [3.63, 3.8) is 0 Å². The Bertz CT molecular complexity index is 902. The van der Waals surface area contributed by atoms with E-state index >= 15 is 0 Å². The fourth-order valence-electron chi connectivity index (χ4n) is 2.65. The van der Waals surface area contributed by atoms with Crippen LogP contribution in [0.4, 0.5) is 11.6 Å². The zero-order chi connectivity index (χ0) is 19.3. The van der Waals surface area contributed by atoms with Crippen LogP contribution in [0.15, 0.2) is 36.4 Å². The van der Waals surface area contributed by atoms with Gasteiger partial charge >= 0.3 is 0 Å². The molecule has 1 aliphatic heterocycles. The van der Waals surface area contributed by atoms with Crippen LogP contribution in [0.3, 0.4) is 0 Å². The molecule has 1 saturated heterocycles. The van der Waals surface area contributed by atoms with E-state index in [9.17, 15) is 13.2 Å². The molecule has 0 radical (unpaired) electrons. The van der Waals surface area contributed by atoms with Crippen LogP contribution in [0.25, 0.3) is 0 Å². The Balaban J connectivity index is 1.50. The van der Waals surface area contributed by atoms with Gasteiger partial charge in [0.25, 0.3) is 5.91 Å². The maximum atomic E-state index is 12.0. The number of amides is 1. The first-order valence-corrected chi connectivity index (χ1v) is 10.1. The summed E-state index contributed by atoms with van der Waals surface area (Å²) in [5.41, 5.74) is 0. The van der Waals surface area contributed by atoms with E-state index in [1.807, 2.05) is 0 Å². The van der Waals surface area contributed by atoms with Gasteiger partial charge in [-0.05, 0) is 30.7 Å². The molecule has 3 rings (SSSR count). The van der Waals surface area contributed by atoms with Crippen molar-refractivity contribution in [3.8, 4) is 11.5 Å². The highest BCUT2D eigenvalue weighted by Gasteiger charge is 2.27. The van der Waals surface area contributed by atoms with Crippen molar-refractivity contribution in [2.24, 2.45) is 0 Å². The van der Waals surface area contributed by atoms with Gasteiger partial charge in [-0.1, -0.05) is 12.1 Å². The average molecular weight is 392 g/mol. The summed E-state index contributed by atoms with van der Waals surface area (Å²) >= 11 is 0. The lowest BCUT2D eigenvalue weighted by molar-refractivity contribution is -0.118. The number of nitrogens with one attached hydrogen (secondary N) is 2. The van der Waals surface area contributed by atoms with Crippen LogP contribution in [0.5, 0.6) is 11.5 Å². The predicted molar refractivity (Wildman–Crippen MR) is 99.8 cm³/mol. The van der Waals surface area contributed by atoms with Gasteiger partial charge in [0.15, 0.2) is 33.8 Å². The Labute approximate surface area is 157 Å². The van der Waals surface area contributed by atoms with Crippen molar-refractivity contribution in [2.75, 3.05) is 35.9 Å². The molecule has 0 saturated carbocycles. The molecule has 1 atom stereocenters. The average Bonchev–Trinajstić information content (AvgIpc) is 3.00. The maximum absolute atomic E-state index is 12.0. The van der Waals surface area contributed by atoms with E-state index in [2.05, 4.69) is 20.8 Å². The molecule has 1 unspecified atom stereocenters. The molecule has 2 aromatic rings. The zero-order valence-electron chi connectivity index (χ0n) is 14.7. The van der Waals surface area contributed by atoms with E-state index in [0.29, 0.717) is 23.7 Å². The van der Waals surface area contributed by atoms with Gasteiger partial charge in [-0.25, -0.2) is 8.42 Å². The molecule has 1 amide bonds. The molecule has 1 fully saturated rings. The van der Waals surface area contributed by atoms with Gasteiger partial charge in [-0.3, -0.25) is 4.79 Å². The number of carbonyl (C=O) groups is 1. The Morgan fingerprint density at radius 1 is 1.15 bits per heavy atom. The van der Waals surface area contributed by atoms with Crippen LogP contribution in [-0.4, -0.2) is 55.8 Å². The molecular weight excluding hydrogens is 372 g/mol. The smallest absolute Gasteiger partial charge is 0.263 e.